The summed E-state index contributed by atoms with van der Waals surface area (Å²) in [4.78, 5) is 2.21. The number of fused-ring (bicyclic) bond motifs is 2. The number of rotatable bonds is 4. The molecule has 0 saturated heterocycles. The number of aromatic nitrogens is 1. The zero-order valence-corrected chi connectivity index (χ0v) is 16.9. The molecule has 0 bridgehead atoms. The molecule has 4 rings (SSSR count). The maximum Gasteiger partial charge on any atom is 0.164 e. The fourth-order valence-corrected chi connectivity index (χ4v) is 3.61. The number of ether oxygens (including phenoxy) is 3. The van der Waals surface area contributed by atoms with Crippen LogP contribution in [0.25, 0.3) is 0 Å². The van der Waals surface area contributed by atoms with Gasteiger partial charge in [-0.15, -0.1) is 0 Å². The molecule has 0 radical (unpaired) electrons. The Hall–Kier alpha value is -3.06. The number of benzene rings is 2. The average Bonchev–Trinajstić information content (AvgIpc) is 3.01. The molecule has 0 amide bonds. The van der Waals surface area contributed by atoms with Gasteiger partial charge in [0.15, 0.2) is 11.5 Å². The number of methoxy groups -OCH3 is 2. The van der Waals surface area contributed by atoms with Gasteiger partial charge in [0.2, 0.25) is 0 Å². The van der Waals surface area contributed by atoms with E-state index < -0.39 is 0 Å². The summed E-state index contributed by atoms with van der Waals surface area (Å²) in [6.45, 7) is 5.54. The first-order valence-electron chi connectivity index (χ1n) is 9.33. The first-order chi connectivity index (χ1) is 14.0. The van der Waals surface area contributed by atoms with Crippen molar-refractivity contribution in [1.29, 1.82) is 0 Å². The summed E-state index contributed by atoms with van der Waals surface area (Å²) in [5.41, 5.74) is 3.61. The molecule has 0 unspecified atom stereocenters. The van der Waals surface area contributed by atoms with Crippen molar-refractivity contribution in [3.63, 3.8) is 0 Å². The van der Waals surface area contributed by atoms with Crippen molar-refractivity contribution >= 4 is 0 Å². The fraction of sp³-hybridized carbons (Fsp3) is 0.318. The van der Waals surface area contributed by atoms with Crippen molar-refractivity contribution in [3.8, 4) is 23.0 Å². The molecule has 0 N–H and O–H groups in total. The third-order valence-electron chi connectivity index (χ3n) is 5.16. The molecule has 1 aliphatic heterocycles. The third-order valence-corrected chi connectivity index (χ3v) is 5.16. The Bertz CT molecular complexity index is 1030. The lowest BCUT2D eigenvalue weighted by Crippen LogP contribution is -2.25. The van der Waals surface area contributed by atoms with Gasteiger partial charge in [-0.25, -0.2) is 4.39 Å². The Kier molecular flexibility index (Phi) is 5.15. The second kappa shape index (κ2) is 7.75. The highest BCUT2D eigenvalue weighted by molar-refractivity contribution is 5.53. The van der Waals surface area contributed by atoms with Crippen LogP contribution in [0.1, 0.15) is 28.1 Å². The number of hydrogen-bond acceptors (Lipinski definition) is 6. The van der Waals surface area contributed by atoms with Crippen LogP contribution in [0.4, 0.5) is 4.39 Å². The topological polar surface area (TPSA) is 57.0 Å². The summed E-state index contributed by atoms with van der Waals surface area (Å²) in [5, 5.41) is 4.05. The quantitative estimate of drug-likeness (QED) is 0.632. The van der Waals surface area contributed by atoms with Crippen LogP contribution >= 0.6 is 0 Å². The predicted molar refractivity (Wildman–Crippen MR) is 105 cm³/mol. The summed E-state index contributed by atoms with van der Waals surface area (Å²) < 4.78 is 36.3. The third kappa shape index (κ3) is 3.78. The summed E-state index contributed by atoms with van der Waals surface area (Å²) in [5.74, 6) is 2.97. The van der Waals surface area contributed by atoms with E-state index in [2.05, 4.69) is 10.1 Å². The van der Waals surface area contributed by atoms with Gasteiger partial charge >= 0.3 is 0 Å². The van der Waals surface area contributed by atoms with Gasteiger partial charge in [0, 0.05) is 42.4 Å². The van der Waals surface area contributed by atoms with Crippen LogP contribution < -0.4 is 14.2 Å². The molecule has 1 aromatic heterocycles. The minimum atomic E-state index is -0.294. The highest BCUT2D eigenvalue weighted by atomic mass is 19.1. The maximum atomic E-state index is 13.9. The van der Waals surface area contributed by atoms with Crippen LogP contribution in [0.15, 0.2) is 34.9 Å². The summed E-state index contributed by atoms with van der Waals surface area (Å²) in [6, 6.07) is 8.30. The molecule has 2 heterocycles. The van der Waals surface area contributed by atoms with E-state index in [1.165, 1.54) is 12.1 Å². The van der Waals surface area contributed by atoms with Crippen molar-refractivity contribution in [1.82, 2.24) is 10.1 Å². The minimum Gasteiger partial charge on any atom is -0.493 e. The number of aryl methyl sites for hydroxylation is 2. The number of halogens is 1. The predicted octanol–water partition coefficient (Wildman–Crippen LogP) is 4.76. The zero-order chi connectivity index (χ0) is 20.5. The van der Waals surface area contributed by atoms with E-state index >= 15 is 0 Å². The lowest BCUT2D eigenvalue weighted by molar-refractivity contribution is 0.232. The average molecular weight is 398 g/mol. The molecule has 2 aromatic carbocycles. The van der Waals surface area contributed by atoms with Gasteiger partial charge in [-0.05, 0) is 38.1 Å². The monoisotopic (exact) mass is 398 g/mol. The van der Waals surface area contributed by atoms with Crippen molar-refractivity contribution < 1.29 is 23.1 Å². The summed E-state index contributed by atoms with van der Waals surface area (Å²) in [6.07, 6.45) is 0. The first kappa shape index (κ1) is 19.3. The van der Waals surface area contributed by atoms with Gasteiger partial charge < -0.3 is 18.7 Å². The molecular formula is C22H23FN2O4. The maximum absolute atomic E-state index is 13.9. The molecule has 3 aromatic rings. The van der Waals surface area contributed by atoms with Crippen LogP contribution in [-0.4, -0.2) is 24.3 Å². The molecule has 1 aliphatic rings. The van der Waals surface area contributed by atoms with E-state index in [-0.39, 0.29) is 5.82 Å². The van der Waals surface area contributed by atoms with E-state index in [4.69, 9.17) is 18.7 Å². The first-order valence-corrected chi connectivity index (χ1v) is 9.33. The van der Waals surface area contributed by atoms with E-state index in [1.807, 2.05) is 19.9 Å². The van der Waals surface area contributed by atoms with Gasteiger partial charge in [-0.3, -0.25) is 4.90 Å². The molecule has 0 spiro atoms. The number of hydrogen-bond donors (Lipinski definition) is 0. The van der Waals surface area contributed by atoms with Crippen molar-refractivity contribution in [2.75, 3.05) is 14.2 Å². The van der Waals surface area contributed by atoms with Crippen LogP contribution in [-0.2, 0) is 19.6 Å². The van der Waals surface area contributed by atoms with Crippen molar-refractivity contribution in [3.05, 3.63) is 64.3 Å². The van der Waals surface area contributed by atoms with Gasteiger partial charge in [0.25, 0.3) is 0 Å². The summed E-state index contributed by atoms with van der Waals surface area (Å²) >= 11 is 0. The van der Waals surface area contributed by atoms with Gasteiger partial charge in [0.1, 0.15) is 23.1 Å². The second-order valence-corrected chi connectivity index (χ2v) is 7.12. The molecule has 6 nitrogen and oxygen atoms in total. The fourth-order valence-electron chi connectivity index (χ4n) is 3.61. The van der Waals surface area contributed by atoms with E-state index in [9.17, 15) is 4.39 Å². The highest BCUT2D eigenvalue weighted by Gasteiger charge is 2.23. The molecule has 0 aliphatic carbocycles. The van der Waals surface area contributed by atoms with Crippen LogP contribution in [0, 0.1) is 19.7 Å². The van der Waals surface area contributed by atoms with Gasteiger partial charge in [0.05, 0.1) is 19.9 Å². The standard InChI is InChI=1S/C22H23FN2O4/c1-13-18(14(2)29-24-13)12-25-10-15-7-17(23)5-6-19(15)28-20-9-22(27-4)21(26-3)8-16(20)11-25/h5-9H,10-12H2,1-4H3. The van der Waals surface area contributed by atoms with Crippen molar-refractivity contribution in [2.24, 2.45) is 0 Å². The van der Waals surface area contributed by atoms with Crippen molar-refractivity contribution in [2.45, 2.75) is 33.5 Å². The second-order valence-electron chi connectivity index (χ2n) is 7.12. The minimum absolute atomic E-state index is 0.294. The van der Waals surface area contributed by atoms with Gasteiger partial charge in [-0.1, -0.05) is 5.16 Å². The molecule has 0 atom stereocenters. The Morgan fingerprint density at radius 2 is 1.69 bits per heavy atom. The lowest BCUT2D eigenvalue weighted by Gasteiger charge is -2.28. The Balaban J connectivity index is 1.80. The van der Waals surface area contributed by atoms with Crippen LogP contribution in [0.3, 0.4) is 0 Å². The van der Waals surface area contributed by atoms with Crippen LogP contribution in [0.5, 0.6) is 23.0 Å². The number of nitrogens with zero attached hydrogens (tertiary/aromatic N) is 2. The molecule has 0 fully saturated rings. The zero-order valence-electron chi connectivity index (χ0n) is 16.9. The van der Waals surface area contributed by atoms with E-state index in [1.54, 1.807) is 26.4 Å². The molecular weight excluding hydrogens is 375 g/mol. The molecule has 152 valence electrons. The normalized spacial score (nSPS) is 13.7. The Morgan fingerprint density at radius 1 is 1.00 bits per heavy atom. The highest BCUT2D eigenvalue weighted by Crippen LogP contribution is 2.40. The molecule has 7 heteroatoms. The smallest absolute Gasteiger partial charge is 0.164 e. The van der Waals surface area contributed by atoms with E-state index in [0.717, 1.165) is 28.1 Å². The largest absolute Gasteiger partial charge is 0.493 e. The molecule has 29 heavy (non-hydrogen) atoms. The Labute approximate surface area is 168 Å². The molecule has 0 saturated carbocycles. The lowest BCUT2D eigenvalue weighted by atomic mass is 10.1. The Morgan fingerprint density at radius 3 is 2.34 bits per heavy atom. The van der Waals surface area contributed by atoms with Crippen LogP contribution in [0.2, 0.25) is 0 Å². The summed E-state index contributed by atoms with van der Waals surface area (Å²) in [7, 11) is 3.19. The SMILES string of the molecule is COc1cc2c(cc1OC)Oc1ccc(F)cc1CN(Cc1c(C)noc1C)C2. The van der Waals surface area contributed by atoms with Gasteiger partial charge in [-0.2, -0.15) is 0 Å². The van der Waals surface area contributed by atoms with E-state index in [0.29, 0.717) is 42.6 Å².